The average Bonchev–Trinajstić information content (AvgIpc) is 2.77. The standard InChI is InChI=1S/C12H16N4/c1-8-2-3-11(13-5-8)9-4-10-7-15-16-12(10)14-6-9/h4,6-8,11,13H,2-3,5H2,1H3,(H,14,15,16)/t8-,11+/m0/s1. The topological polar surface area (TPSA) is 53.6 Å². The molecular weight excluding hydrogens is 200 g/mol. The summed E-state index contributed by atoms with van der Waals surface area (Å²) in [6, 6.07) is 2.64. The maximum atomic E-state index is 4.38. The van der Waals surface area contributed by atoms with E-state index in [1.54, 1.807) is 0 Å². The third-order valence-electron chi connectivity index (χ3n) is 3.38. The maximum Gasteiger partial charge on any atom is 0.155 e. The van der Waals surface area contributed by atoms with Crippen LogP contribution in [0.4, 0.5) is 0 Å². The fourth-order valence-electron chi connectivity index (χ4n) is 2.33. The SMILES string of the molecule is C[C@H]1CC[C@H](c2cnc3[nH]ncc3c2)NC1. The smallest absolute Gasteiger partial charge is 0.155 e. The molecule has 3 heterocycles. The van der Waals surface area contributed by atoms with E-state index < -0.39 is 0 Å². The Morgan fingerprint density at radius 1 is 1.31 bits per heavy atom. The number of piperidine rings is 1. The largest absolute Gasteiger partial charge is 0.310 e. The Morgan fingerprint density at radius 2 is 2.25 bits per heavy atom. The number of hydrogen-bond acceptors (Lipinski definition) is 3. The van der Waals surface area contributed by atoms with Crippen LogP contribution in [0.15, 0.2) is 18.5 Å². The van der Waals surface area contributed by atoms with Crippen molar-refractivity contribution in [1.82, 2.24) is 20.5 Å². The second-order valence-corrected chi connectivity index (χ2v) is 4.72. The van der Waals surface area contributed by atoms with Gasteiger partial charge in [0.1, 0.15) is 0 Å². The van der Waals surface area contributed by atoms with Crippen molar-refractivity contribution in [1.29, 1.82) is 0 Å². The van der Waals surface area contributed by atoms with Gasteiger partial charge in [0.2, 0.25) is 0 Å². The zero-order valence-corrected chi connectivity index (χ0v) is 9.40. The number of rotatable bonds is 1. The van der Waals surface area contributed by atoms with Gasteiger partial charge in [0.15, 0.2) is 5.65 Å². The molecule has 2 aromatic rings. The van der Waals surface area contributed by atoms with Gasteiger partial charge in [0.05, 0.1) is 6.20 Å². The number of nitrogens with one attached hydrogen (secondary N) is 2. The predicted molar refractivity (Wildman–Crippen MR) is 63.0 cm³/mol. The van der Waals surface area contributed by atoms with Gasteiger partial charge >= 0.3 is 0 Å². The van der Waals surface area contributed by atoms with Crippen molar-refractivity contribution >= 4 is 11.0 Å². The number of pyridine rings is 1. The number of aromatic amines is 1. The molecule has 2 N–H and O–H groups in total. The van der Waals surface area contributed by atoms with Gasteiger partial charge in [-0.25, -0.2) is 4.98 Å². The summed E-state index contributed by atoms with van der Waals surface area (Å²) in [6.45, 7) is 3.40. The zero-order valence-electron chi connectivity index (χ0n) is 9.40. The van der Waals surface area contributed by atoms with Gasteiger partial charge in [0, 0.05) is 17.6 Å². The van der Waals surface area contributed by atoms with Crippen molar-refractivity contribution < 1.29 is 0 Å². The molecule has 0 aliphatic carbocycles. The van der Waals surface area contributed by atoms with E-state index >= 15 is 0 Å². The molecule has 0 saturated carbocycles. The second kappa shape index (κ2) is 3.87. The summed E-state index contributed by atoms with van der Waals surface area (Å²) in [4.78, 5) is 4.38. The number of H-pyrrole nitrogens is 1. The van der Waals surface area contributed by atoms with Crippen LogP contribution in [-0.2, 0) is 0 Å². The van der Waals surface area contributed by atoms with E-state index in [-0.39, 0.29) is 0 Å². The quantitative estimate of drug-likeness (QED) is 0.766. The molecule has 3 rings (SSSR count). The van der Waals surface area contributed by atoms with E-state index in [4.69, 9.17) is 0 Å². The van der Waals surface area contributed by atoms with Gasteiger partial charge in [-0.05, 0) is 36.9 Å². The molecule has 0 spiro atoms. The first-order valence-corrected chi connectivity index (χ1v) is 5.85. The summed E-state index contributed by atoms with van der Waals surface area (Å²) in [5, 5.41) is 11.5. The van der Waals surface area contributed by atoms with Crippen molar-refractivity contribution in [2.24, 2.45) is 5.92 Å². The Labute approximate surface area is 94.5 Å². The fourth-order valence-corrected chi connectivity index (χ4v) is 2.33. The highest BCUT2D eigenvalue weighted by Gasteiger charge is 2.19. The molecule has 1 saturated heterocycles. The molecule has 4 nitrogen and oxygen atoms in total. The Hall–Kier alpha value is -1.42. The first-order valence-electron chi connectivity index (χ1n) is 5.85. The predicted octanol–water partition coefficient (Wildman–Crippen LogP) is 2.02. The first kappa shape index (κ1) is 9.78. The fraction of sp³-hybridized carbons (Fsp3) is 0.500. The molecule has 0 amide bonds. The summed E-state index contributed by atoms with van der Waals surface area (Å²) in [6.07, 6.45) is 6.28. The maximum absolute atomic E-state index is 4.38. The van der Waals surface area contributed by atoms with Crippen molar-refractivity contribution in [2.75, 3.05) is 6.54 Å². The van der Waals surface area contributed by atoms with Crippen molar-refractivity contribution in [3.63, 3.8) is 0 Å². The van der Waals surface area contributed by atoms with E-state index in [1.807, 2.05) is 12.4 Å². The molecule has 2 aromatic heterocycles. The second-order valence-electron chi connectivity index (χ2n) is 4.72. The van der Waals surface area contributed by atoms with Gasteiger partial charge in [0.25, 0.3) is 0 Å². The lowest BCUT2D eigenvalue weighted by molar-refractivity contribution is 0.333. The molecule has 0 radical (unpaired) electrons. The van der Waals surface area contributed by atoms with E-state index in [0.717, 1.165) is 23.5 Å². The number of hydrogen-bond donors (Lipinski definition) is 2. The molecular formula is C12H16N4. The van der Waals surface area contributed by atoms with Crippen LogP contribution in [0.2, 0.25) is 0 Å². The molecule has 2 atom stereocenters. The van der Waals surface area contributed by atoms with Crippen molar-refractivity contribution in [3.05, 3.63) is 24.0 Å². The Kier molecular flexibility index (Phi) is 2.36. The summed E-state index contributed by atoms with van der Waals surface area (Å²) in [7, 11) is 0. The molecule has 16 heavy (non-hydrogen) atoms. The van der Waals surface area contributed by atoms with Crippen LogP contribution in [-0.4, -0.2) is 21.7 Å². The number of nitrogens with zero attached hydrogens (tertiary/aromatic N) is 2. The van der Waals surface area contributed by atoms with Crippen LogP contribution in [0.3, 0.4) is 0 Å². The Morgan fingerprint density at radius 3 is 3.06 bits per heavy atom. The third kappa shape index (κ3) is 1.69. The minimum absolute atomic E-state index is 0.461. The first-order chi connectivity index (χ1) is 7.83. The molecule has 84 valence electrons. The van der Waals surface area contributed by atoms with E-state index in [9.17, 15) is 0 Å². The van der Waals surface area contributed by atoms with Crippen LogP contribution in [0.25, 0.3) is 11.0 Å². The van der Waals surface area contributed by atoms with Crippen LogP contribution in [0, 0.1) is 5.92 Å². The van der Waals surface area contributed by atoms with E-state index in [2.05, 4.69) is 33.5 Å². The van der Waals surface area contributed by atoms with E-state index in [0.29, 0.717) is 6.04 Å². The average molecular weight is 216 g/mol. The highest BCUT2D eigenvalue weighted by Crippen LogP contribution is 2.26. The van der Waals surface area contributed by atoms with Gasteiger partial charge in [-0.1, -0.05) is 6.92 Å². The van der Waals surface area contributed by atoms with Gasteiger partial charge in [-0.2, -0.15) is 5.10 Å². The summed E-state index contributed by atoms with van der Waals surface area (Å²) in [5.74, 6) is 0.793. The Bertz CT molecular complexity index is 482. The monoisotopic (exact) mass is 216 g/mol. The van der Waals surface area contributed by atoms with Crippen LogP contribution in [0.5, 0.6) is 0 Å². The van der Waals surface area contributed by atoms with Crippen LogP contribution in [0.1, 0.15) is 31.4 Å². The minimum Gasteiger partial charge on any atom is -0.310 e. The minimum atomic E-state index is 0.461. The van der Waals surface area contributed by atoms with E-state index in [1.165, 1.54) is 18.4 Å². The van der Waals surface area contributed by atoms with Crippen LogP contribution >= 0.6 is 0 Å². The number of aromatic nitrogens is 3. The lowest BCUT2D eigenvalue weighted by atomic mass is 9.93. The summed E-state index contributed by atoms with van der Waals surface area (Å²) in [5.41, 5.74) is 2.15. The molecule has 1 fully saturated rings. The highest BCUT2D eigenvalue weighted by atomic mass is 15.1. The Balaban J connectivity index is 1.87. The molecule has 1 aliphatic heterocycles. The molecule has 0 bridgehead atoms. The normalized spacial score (nSPS) is 26.1. The molecule has 4 heteroatoms. The van der Waals surface area contributed by atoms with Gasteiger partial charge in [-0.15, -0.1) is 0 Å². The molecule has 0 aromatic carbocycles. The summed E-state index contributed by atoms with van der Waals surface area (Å²) >= 11 is 0. The zero-order chi connectivity index (χ0) is 11.0. The summed E-state index contributed by atoms with van der Waals surface area (Å²) < 4.78 is 0. The highest BCUT2D eigenvalue weighted by molar-refractivity contribution is 5.74. The number of fused-ring (bicyclic) bond motifs is 1. The molecule has 0 unspecified atom stereocenters. The van der Waals surface area contributed by atoms with Gasteiger partial charge in [-0.3, -0.25) is 5.10 Å². The third-order valence-corrected chi connectivity index (χ3v) is 3.38. The molecule has 1 aliphatic rings. The van der Waals surface area contributed by atoms with Crippen molar-refractivity contribution in [2.45, 2.75) is 25.8 Å². The lowest BCUT2D eigenvalue weighted by Crippen LogP contribution is -2.31. The van der Waals surface area contributed by atoms with Crippen molar-refractivity contribution in [3.8, 4) is 0 Å². The van der Waals surface area contributed by atoms with Crippen LogP contribution < -0.4 is 5.32 Å². The lowest BCUT2D eigenvalue weighted by Gasteiger charge is -2.27. The van der Waals surface area contributed by atoms with Gasteiger partial charge < -0.3 is 5.32 Å².